The molecule has 1 aromatic rings. The Balaban J connectivity index is 2.98. The molecule has 0 spiro atoms. The van der Waals surface area contributed by atoms with Crippen molar-refractivity contribution in [2.45, 2.75) is 18.1 Å². The second kappa shape index (κ2) is 6.35. The Bertz CT molecular complexity index is 265. The standard InChI is InChI=1S/C10H14O2S2/c1-11-6-8-4-3-5-9(7-12-2)10(8)14-13/h3-5,13H,6-7H2,1-2H3. The topological polar surface area (TPSA) is 18.5 Å². The Morgan fingerprint density at radius 1 is 1.14 bits per heavy atom. The highest BCUT2D eigenvalue weighted by Gasteiger charge is 2.07. The van der Waals surface area contributed by atoms with E-state index < -0.39 is 0 Å². The van der Waals surface area contributed by atoms with Crippen molar-refractivity contribution >= 4 is 22.5 Å². The first kappa shape index (κ1) is 11.9. The van der Waals surface area contributed by atoms with Crippen LogP contribution in [0.3, 0.4) is 0 Å². The van der Waals surface area contributed by atoms with E-state index in [0.717, 1.165) is 16.0 Å². The van der Waals surface area contributed by atoms with E-state index in [2.05, 4.69) is 11.7 Å². The fourth-order valence-electron chi connectivity index (χ4n) is 1.29. The van der Waals surface area contributed by atoms with Crippen molar-refractivity contribution < 1.29 is 9.47 Å². The van der Waals surface area contributed by atoms with Crippen molar-refractivity contribution in [3.8, 4) is 0 Å². The van der Waals surface area contributed by atoms with E-state index >= 15 is 0 Å². The summed E-state index contributed by atoms with van der Waals surface area (Å²) in [5, 5.41) is 0. The highest BCUT2D eigenvalue weighted by atomic mass is 33.1. The van der Waals surface area contributed by atoms with Gasteiger partial charge in [0.25, 0.3) is 0 Å². The van der Waals surface area contributed by atoms with Crippen LogP contribution in [0.2, 0.25) is 0 Å². The van der Waals surface area contributed by atoms with Crippen LogP contribution in [0.5, 0.6) is 0 Å². The lowest BCUT2D eigenvalue weighted by Gasteiger charge is -2.10. The molecule has 0 radical (unpaired) electrons. The van der Waals surface area contributed by atoms with Gasteiger partial charge >= 0.3 is 0 Å². The number of hydrogen-bond acceptors (Lipinski definition) is 4. The lowest BCUT2D eigenvalue weighted by Crippen LogP contribution is -1.96. The van der Waals surface area contributed by atoms with E-state index in [9.17, 15) is 0 Å². The Kier molecular flexibility index (Phi) is 5.40. The minimum atomic E-state index is 0.612. The molecule has 4 heteroatoms. The van der Waals surface area contributed by atoms with E-state index in [1.165, 1.54) is 10.8 Å². The smallest absolute Gasteiger partial charge is 0.0724 e. The zero-order chi connectivity index (χ0) is 10.4. The molecule has 0 fully saturated rings. The highest BCUT2D eigenvalue weighted by molar-refractivity contribution is 8.68. The van der Waals surface area contributed by atoms with E-state index in [0.29, 0.717) is 13.2 Å². The molecule has 0 heterocycles. The van der Waals surface area contributed by atoms with Gasteiger partial charge in [0.05, 0.1) is 13.2 Å². The molecule has 78 valence electrons. The molecule has 2 nitrogen and oxygen atoms in total. The van der Waals surface area contributed by atoms with Crippen LogP contribution in [0, 0.1) is 0 Å². The minimum absolute atomic E-state index is 0.612. The molecule has 0 aromatic heterocycles. The summed E-state index contributed by atoms with van der Waals surface area (Å²) in [5.74, 6) is 0. The maximum absolute atomic E-state index is 5.12. The van der Waals surface area contributed by atoms with Gasteiger partial charge < -0.3 is 9.47 Å². The summed E-state index contributed by atoms with van der Waals surface area (Å²) < 4.78 is 10.2. The van der Waals surface area contributed by atoms with Gasteiger partial charge in [-0.25, -0.2) is 0 Å². The molecule has 0 aliphatic carbocycles. The van der Waals surface area contributed by atoms with Gasteiger partial charge in [0.1, 0.15) is 0 Å². The second-order valence-corrected chi connectivity index (χ2v) is 4.00. The molecule has 1 aromatic carbocycles. The van der Waals surface area contributed by atoms with Gasteiger partial charge in [-0.15, -0.1) is 11.7 Å². The van der Waals surface area contributed by atoms with Gasteiger partial charge in [0, 0.05) is 19.1 Å². The van der Waals surface area contributed by atoms with Crippen molar-refractivity contribution in [1.82, 2.24) is 0 Å². The van der Waals surface area contributed by atoms with Gasteiger partial charge in [-0.3, -0.25) is 0 Å². The highest BCUT2D eigenvalue weighted by Crippen LogP contribution is 2.30. The Morgan fingerprint density at radius 2 is 1.64 bits per heavy atom. The van der Waals surface area contributed by atoms with Crippen LogP contribution in [0.25, 0.3) is 0 Å². The first-order valence-electron chi connectivity index (χ1n) is 4.23. The van der Waals surface area contributed by atoms with E-state index in [1.807, 2.05) is 18.2 Å². The SMILES string of the molecule is COCc1cccc(COC)c1SS. The number of thiol groups is 1. The molecule has 0 amide bonds. The van der Waals surface area contributed by atoms with Gasteiger partial charge in [0.15, 0.2) is 0 Å². The molecule has 0 aliphatic rings. The molecule has 0 bridgehead atoms. The molecule has 14 heavy (non-hydrogen) atoms. The summed E-state index contributed by atoms with van der Waals surface area (Å²) in [6.07, 6.45) is 0. The summed E-state index contributed by atoms with van der Waals surface area (Å²) >= 11 is 4.24. The maximum Gasteiger partial charge on any atom is 0.0724 e. The van der Waals surface area contributed by atoms with Crippen LogP contribution in [0.1, 0.15) is 11.1 Å². The second-order valence-electron chi connectivity index (χ2n) is 2.86. The van der Waals surface area contributed by atoms with Gasteiger partial charge in [-0.05, 0) is 11.1 Å². The van der Waals surface area contributed by atoms with Crippen molar-refractivity contribution in [3.63, 3.8) is 0 Å². The first-order valence-corrected chi connectivity index (χ1v) is 6.10. The Labute approximate surface area is 93.8 Å². The monoisotopic (exact) mass is 230 g/mol. The van der Waals surface area contributed by atoms with Crippen LogP contribution in [-0.4, -0.2) is 14.2 Å². The molecule has 0 aliphatic heterocycles. The zero-order valence-electron chi connectivity index (χ0n) is 8.32. The zero-order valence-corrected chi connectivity index (χ0v) is 10.0. The third-order valence-electron chi connectivity index (χ3n) is 1.87. The number of ether oxygens (including phenoxy) is 2. The predicted molar refractivity (Wildman–Crippen MR) is 62.7 cm³/mol. The number of rotatable bonds is 5. The average Bonchev–Trinajstić information content (AvgIpc) is 2.19. The molecule has 1 rings (SSSR count). The average molecular weight is 230 g/mol. The molecular formula is C10H14O2S2. The van der Waals surface area contributed by atoms with Crippen LogP contribution >= 0.6 is 22.5 Å². The molecule has 0 atom stereocenters. The van der Waals surface area contributed by atoms with Crippen LogP contribution in [-0.2, 0) is 22.7 Å². The lowest BCUT2D eigenvalue weighted by molar-refractivity contribution is 0.176. The largest absolute Gasteiger partial charge is 0.380 e. The molecule has 0 saturated heterocycles. The molecule has 0 unspecified atom stereocenters. The fourth-order valence-corrected chi connectivity index (χ4v) is 2.49. The summed E-state index contributed by atoms with van der Waals surface area (Å²) in [5.41, 5.74) is 2.31. The van der Waals surface area contributed by atoms with Crippen molar-refractivity contribution in [1.29, 1.82) is 0 Å². The summed E-state index contributed by atoms with van der Waals surface area (Å²) in [7, 11) is 4.82. The molecule has 0 saturated carbocycles. The number of benzene rings is 1. The molecular weight excluding hydrogens is 216 g/mol. The van der Waals surface area contributed by atoms with E-state index in [-0.39, 0.29) is 0 Å². The first-order chi connectivity index (χ1) is 6.83. The fraction of sp³-hybridized carbons (Fsp3) is 0.400. The van der Waals surface area contributed by atoms with Crippen molar-refractivity contribution in [3.05, 3.63) is 29.3 Å². The minimum Gasteiger partial charge on any atom is -0.380 e. The Hall–Kier alpha value is -0.160. The number of methoxy groups -OCH3 is 2. The maximum atomic E-state index is 5.12. The van der Waals surface area contributed by atoms with E-state index in [4.69, 9.17) is 9.47 Å². The predicted octanol–water partition coefficient (Wildman–Crippen LogP) is 2.92. The molecule has 0 N–H and O–H groups in total. The van der Waals surface area contributed by atoms with Gasteiger partial charge in [-0.2, -0.15) is 0 Å². The Morgan fingerprint density at radius 3 is 2.00 bits per heavy atom. The van der Waals surface area contributed by atoms with E-state index in [1.54, 1.807) is 14.2 Å². The van der Waals surface area contributed by atoms with Crippen LogP contribution < -0.4 is 0 Å². The lowest BCUT2D eigenvalue weighted by atomic mass is 10.1. The summed E-state index contributed by atoms with van der Waals surface area (Å²) in [6.45, 7) is 1.22. The van der Waals surface area contributed by atoms with Crippen molar-refractivity contribution in [2.24, 2.45) is 0 Å². The summed E-state index contributed by atoms with van der Waals surface area (Å²) in [4.78, 5) is 1.14. The van der Waals surface area contributed by atoms with Crippen LogP contribution in [0.4, 0.5) is 0 Å². The van der Waals surface area contributed by atoms with Crippen LogP contribution in [0.15, 0.2) is 23.1 Å². The normalized spacial score (nSPS) is 10.5. The third-order valence-corrected chi connectivity index (χ3v) is 3.12. The third kappa shape index (κ3) is 2.92. The van der Waals surface area contributed by atoms with Gasteiger partial charge in [-0.1, -0.05) is 29.0 Å². The van der Waals surface area contributed by atoms with Crippen molar-refractivity contribution in [2.75, 3.05) is 14.2 Å². The summed E-state index contributed by atoms with van der Waals surface area (Å²) in [6, 6.07) is 6.10. The quantitative estimate of drug-likeness (QED) is 0.620. The number of hydrogen-bond donors (Lipinski definition) is 1. The van der Waals surface area contributed by atoms with Gasteiger partial charge in [0.2, 0.25) is 0 Å².